The van der Waals surface area contributed by atoms with Gasteiger partial charge in [-0.25, -0.2) is 12.8 Å². The molecule has 0 aliphatic carbocycles. The second-order valence-electron chi connectivity index (χ2n) is 7.72. The van der Waals surface area contributed by atoms with Crippen LogP contribution in [0.4, 0.5) is 4.39 Å². The van der Waals surface area contributed by atoms with E-state index in [0.717, 1.165) is 11.3 Å². The maximum Gasteiger partial charge on any atom is 0.243 e. The smallest absolute Gasteiger partial charge is 0.243 e. The average Bonchev–Trinajstić information content (AvgIpc) is 3.11. The normalized spacial score (nSPS) is 14.3. The van der Waals surface area contributed by atoms with Gasteiger partial charge in [-0.15, -0.1) is 0 Å². The monoisotopic (exact) mass is 493 g/mol. The first-order valence-electron chi connectivity index (χ1n) is 10.6. The Morgan fingerprint density at radius 1 is 1.15 bits per heavy atom. The predicted octanol–water partition coefficient (Wildman–Crippen LogP) is 4.08. The second kappa shape index (κ2) is 9.80. The van der Waals surface area contributed by atoms with Crippen molar-refractivity contribution < 1.29 is 22.3 Å². The molecule has 7 nitrogen and oxygen atoms in total. The standard InChI is InChI=1S/C23H25ClFN3O4S/c1-3-32-18-6-8-19(9-7-18)33(29,30)28-11-10-23-20(13-28)22(26-27(23)2)15-31-14-16-4-5-17(25)12-21(16)24/h4-9,12H,3,10-11,13-15H2,1-2H3. The Kier molecular flexibility index (Phi) is 7.04. The van der Waals surface area contributed by atoms with Crippen molar-refractivity contribution >= 4 is 21.6 Å². The SMILES string of the molecule is CCOc1ccc(S(=O)(=O)N2CCc3c(c(COCc4ccc(F)cc4Cl)nn3C)C2)cc1. The molecule has 0 bridgehead atoms. The Labute approximate surface area is 197 Å². The largest absolute Gasteiger partial charge is 0.494 e. The summed E-state index contributed by atoms with van der Waals surface area (Å²) in [6, 6.07) is 10.6. The Morgan fingerprint density at radius 3 is 2.61 bits per heavy atom. The lowest BCUT2D eigenvalue weighted by molar-refractivity contribution is 0.103. The molecular weight excluding hydrogens is 469 g/mol. The number of ether oxygens (including phenoxy) is 2. The highest BCUT2D eigenvalue weighted by Gasteiger charge is 2.32. The van der Waals surface area contributed by atoms with Crippen molar-refractivity contribution in [2.24, 2.45) is 7.05 Å². The Bertz CT molecular complexity index is 1250. The molecule has 1 aliphatic rings. The molecule has 4 rings (SSSR count). The number of rotatable bonds is 8. The molecule has 33 heavy (non-hydrogen) atoms. The van der Waals surface area contributed by atoms with Crippen LogP contribution in [0.2, 0.25) is 5.02 Å². The molecule has 0 saturated carbocycles. The highest BCUT2D eigenvalue weighted by Crippen LogP contribution is 2.28. The lowest BCUT2D eigenvalue weighted by Crippen LogP contribution is -2.36. The summed E-state index contributed by atoms with van der Waals surface area (Å²) in [5.41, 5.74) is 3.19. The summed E-state index contributed by atoms with van der Waals surface area (Å²) in [7, 11) is -1.83. The maximum absolute atomic E-state index is 13.2. The molecule has 176 valence electrons. The van der Waals surface area contributed by atoms with Crippen LogP contribution in [0, 0.1) is 5.82 Å². The van der Waals surface area contributed by atoms with Crippen LogP contribution >= 0.6 is 11.6 Å². The lowest BCUT2D eigenvalue weighted by atomic mass is 10.1. The van der Waals surface area contributed by atoms with Crippen LogP contribution in [0.5, 0.6) is 5.75 Å². The molecule has 0 spiro atoms. The fourth-order valence-electron chi connectivity index (χ4n) is 3.89. The van der Waals surface area contributed by atoms with Gasteiger partial charge in [0.05, 0.1) is 30.4 Å². The number of hydrogen-bond acceptors (Lipinski definition) is 5. The number of fused-ring (bicyclic) bond motifs is 1. The van der Waals surface area contributed by atoms with Gasteiger partial charge in [0.25, 0.3) is 0 Å². The number of halogens is 2. The first kappa shape index (κ1) is 23.7. The van der Waals surface area contributed by atoms with E-state index in [-0.39, 0.29) is 24.7 Å². The van der Waals surface area contributed by atoms with Crippen LogP contribution in [0.3, 0.4) is 0 Å². The zero-order valence-electron chi connectivity index (χ0n) is 18.4. The summed E-state index contributed by atoms with van der Waals surface area (Å²) in [5.74, 6) is 0.224. The first-order chi connectivity index (χ1) is 15.8. The van der Waals surface area contributed by atoms with Gasteiger partial charge in [-0.3, -0.25) is 4.68 Å². The van der Waals surface area contributed by atoms with Crippen molar-refractivity contribution in [3.63, 3.8) is 0 Å². The molecule has 2 aromatic carbocycles. The van der Waals surface area contributed by atoms with Crippen molar-refractivity contribution in [3.05, 3.63) is 75.8 Å². The minimum atomic E-state index is -3.67. The summed E-state index contributed by atoms with van der Waals surface area (Å²) in [5, 5.41) is 4.84. The third-order valence-corrected chi connectivity index (χ3v) is 7.79. The molecule has 0 amide bonds. The number of benzene rings is 2. The molecule has 10 heteroatoms. The quantitative estimate of drug-likeness (QED) is 0.473. The van der Waals surface area contributed by atoms with Crippen LogP contribution in [0.15, 0.2) is 47.4 Å². The summed E-state index contributed by atoms with van der Waals surface area (Å²) in [6.45, 7) is 3.36. The van der Waals surface area contributed by atoms with Crippen LogP contribution in [-0.4, -0.2) is 35.7 Å². The van der Waals surface area contributed by atoms with Gasteiger partial charge >= 0.3 is 0 Å². The number of aryl methyl sites for hydroxylation is 1. The third-order valence-electron chi connectivity index (χ3n) is 5.57. The molecule has 1 aromatic heterocycles. The fourth-order valence-corrected chi connectivity index (χ4v) is 5.52. The highest BCUT2D eigenvalue weighted by atomic mass is 35.5. The van der Waals surface area contributed by atoms with Gasteiger partial charge < -0.3 is 9.47 Å². The van der Waals surface area contributed by atoms with E-state index < -0.39 is 15.8 Å². The van der Waals surface area contributed by atoms with Crippen molar-refractivity contribution in [3.8, 4) is 5.75 Å². The minimum absolute atomic E-state index is 0.188. The molecular formula is C23H25ClFN3O4S. The molecule has 1 aliphatic heterocycles. The van der Waals surface area contributed by atoms with E-state index in [9.17, 15) is 12.8 Å². The molecule has 0 fully saturated rings. The van der Waals surface area contributed by atoms with Crippen molar-refractivity contribution in [1.29, 1.82) is 0 Å². The predicted molar refractivity (Wildman–Crippen MR) is 122 cm³/mol. The van der Waals surface area contributed by atoms with Crippen LogP contribution in [0.1, 0.15) is 29.4 Å². The van der Waals surface area contributed by atoms with Crippen LogP contribution < -0.4 is 4.74 Å². The Balaban J connectivity index is 1.48. The summed E-state index contributed by atoms with van der Waals surface area (Å²) in [4.78, 5) is 0.224. The maximum atomic E-state index is 13.2. The number of hydrogen-bond donors (Lipinski definition) is 0. The fraction of sp³-hybridized carbons (Fsp3) is 0.348. The van der Waals surface area contributed by atoms with E-state index >= 15 is 0 Å². The van der Waals surface area contributed by atoms with Gasteiger partial charge in [0.1, 0.15) is 11.6 Å². The van der Waals surface area contributed by atoms with E-state index in [1.165, 1.54) is 16.4 Å². The van der Waals surface area contributed by atoms with Gasteiger partial charge in [-0.1, -0.05) is 17.7 Å². The average molecular weight is 494 g/mol. The van der Waals surface area contributed by atoms with Crippen LogP contribution in [0.25, 0.3) is 0 Å². The van der Waals surface area contributed by atoms with Gasteiger partial charge in [-0.05, 0) is 48.9 Å². The summed E-state index contributed by atoms with van der Waals surface area (Å²) >= 11 is 6.06. The molecule has 2 heterocycles. The van der Waals surface area contributed by atoms with Crippen molar-refractivity contribution in [2.45, 2.75) is 38.0 Å². The molecule has 0 unspecified atom stereocenters. The number of sulfonamides is 1. The topological polar surface area (TPSA) is 73.7 Å². The zero-order chi connectivity index (χ0) is 23.6. The Morgan fingerprint density at radius 2 is 1.91 bits per heavy atom. The zero-order valence-corrected chi connectivity index (χ0v) is 20.0. The van der Waals surface area contributed by atoms with E-state index in [1.807, 2.05) is 14.0 Å². The molecule has 0 radical (unpaired) electrons. The number of nitrogens with zero attached hydrogens (tertiary/aromatic N) is 3. The summed E-state index contributed by atoms with van der Waals surface area (Å²) < 4.78 is 54.1. The molecule has 0 saturated heterocycles. The first-order valence-corrected chi connectivity index (χ1v) is 12.4. The lowest BCUT2D eigenvalue weighted by Gasteiger charge is -2.27. The van der Waals surface area contributed by atoms with E-state index in [2.05, 4.69) is 5.10 Å². The van der Waals surface area contributed by atoms with Crippen molar-refractivity contribution in [2.75, 3.05) is 13.2 Å². The van der Waals surface area contributed by atoms with E-state index in [1.54, 1.807) is 35.0 Å². The molecule has 0 atom stereocenters. The van der Waals surface area contributed by atoms with Crippen LogP contribution in [-0.2, 0) is 48.0 Å². The Hall–Kier alpha value is -2.46. The van der Waals surface area contributed by atoms with Gasteiger partial charge in [0.15, 0.2) is 0 Å². The third kappa shape index (κ3) is 5.06. The highest BCUT2D eigenvalue weighted by molar-refractivity contribution is 7.89. The van der Waals surface area contributed by atoms with Gasteiger partial charge in [0.2, 0.25) is 10.0 Å². The van der Waals surface area contributed by atoms with E-state index in [0.29, 0.717) is 41.6 Å². The number of aromatic nitrogens is 2. The van der Waals surface area contributed by atoms with Gasteiger partial charge in [-0.2, -0.15) is 9.40 Å². The second-order valence-corrected chi connectivity index (χ2v) is 10.1. The van der Waals surface area contributed by atoms with E-state index in [4.69, 9.17) is 21.1 Å². The van der Waals surface area contributed by atoms with Crippen molar-refractivity contribution in [1.82, 2.24) is 14.1 Å². The summed E-state index contributed by atoms with van der Waals surface area (Å²) in [6.07, 6.45) is 0.554. The van der Waals surface area contributed by atoms with Gasteiger partial charge in [0, 0.05) is 42.8 Å². The molecule has 0 N–H and O–H groups in total. The minimum Gasteiger partial charge on any atom is -0.494 e. The molecule has 3 aromatic rings.